The molecule has 0 spiro atoms. The van der Waals surface area contributed by atoms with Crippen LogP contribution in [0.1, 0.15) is 19.8 Å². The van der Waals surface area contributed by atoms with Gasteiger partial charge in [0.05, 0.1) is 18.1 Å². The van der Waals surface area contributed by atoms with E-state index in [1.54, 1.807) is 0 Å². The van der Waals surface area contributed by atoms with Crippen LogP contribution in [0.3, 0.4) is 0 Å². The van der Waals surface area contributed by atoms with Crippen LogP contribution in [0.15, 0.2) is 0 Å². The molecule has 1 unspecified atom stereocenters. The first-order valence-electron chi connectivity index (χ1n) is 5.44. The van der Waals surface area contributed by atoms with E-state index >= 15 is 0 Å². The molecule has 1 aliphatic rings. The molecule has 0 aromatic rings. The average Bonchev–Trinajstić information content (AvgIpc) is 2.76. The number of aliphatic carboxylic acids is 1. The van der Waals surface area contributed by atoms with Gasteiger partial charge in [0.1, 0.15) is 0 Å². The van der Waals surface area contributed by atoms with Crippen LogP contribution < -0.4 is 15.1 Å². The molecular formula is C9H15N2O6P-2. The summed E-state index contributed by atoms with van der Waals surface area (Å²) in [6, 6.07) is -2.07. The summed E-state index contributed by atoms with van der Waals surface area (Å²) in [5.74, 6) is -1.93. The predicted octanol–water partition coefficient (Wildman–Crippen LogP) is -2.18. The first kappa shape index (κ1) is 15.1. The number of amides is 1. The van der Waals surface area contributed by atoms with E-state index in [1.165, 1.54) is 6.92 Å². The first-order chi connectivity index (χ1) is 8.28. The Labute approximate surface area is 105 Å². The summed E-state index contributed by atoms with van der Waals surface area (Å²) < 4.78 is 15.3. The molecule has 1 fully saturated rings. The van der Waals surface area contributed by atoms with Crippen LogP contribution in [-0.4, -0.2) is 42.5 Å². The molecule has 0 bridgehead atoms. The monoisotopic (exact) mass is 278 g/mol. The Morgan fingerprint density at radius 1 is 1.56 bits per heavy atom. The number of carbonyl (C=O) groups excluding carboxylic acids is 2. The minimum atomic E-state index is -4.28. The van der Waals surface area contributed by atoms with Gasteiger partial charge in [-0.05, 0) is 19.8 Å². The average molecular weight is 278 g/mol. The van der Waals surface area contributed by atoms with E-state index in [0.717, 1.165) is 12.0 Å². The van der Waals surface area contributed by atoms with E-state index in [4.69, 9.17) is 0 Å². The third kappa shape index (κ3) is 3.52. The summed E-state index contributed by atoms with van der Waals surface area (Å²) in [5.41, 5.74) is 0. The van der Waals surface area contributed by atoms with Crippen molar-refractivity contribution in [2.24, 2.45) is 0 Å². The molecule has 104 valence electrons. The molecule has 18 heavy (non-hydrogen) atoms. The fraction of sp³-hybridized carbons (Fsp3) is 0.778. The molecule has 1 saturated heterocycles. The number of hydrogen-bond acceptors (Lipinski definition) is 6. The summed E-state index contributed by atoms with van der Waals surface area (Å²) in [6.45, 7) is 1.61. The van der Waals surface area contributed by atoms with Crippen LogP contribution in [-0.2, 0) is 18.7 Å². The summed E-state index contributed by atoms with van der Waals surface area (Å²) >= 11 is 0. The Morgan fingerprint density at radius 2 is 2.17 bits per heavy atom. The molecule has 1 heterocycles. The minimum Gasteiger partial charge on any atom is -0.766 e. The normalized spacial score (nSPS) is 24.6. The Bertz CT molecular complexity index is 387. The highest BCUT2D eigenvalue weighted by atomic mass is 31.2. The van der Waals surface area contributed by atoms with Gasteiger partial charge in [0.15, 0.2) is 0 Å². The van der Waals surface area contributed by atoms with Crippen molar-refractivity contribution in [1.29, 1.82) is 0 Å². The molecule has 3 atom stereocenters. The number of carboxylic acid groups (broad SMARTS) is 1. The van der Waals surface area contributed by atoms with E-state index in [1.807, 2.05) is 5.09 Å². The molecule has 1 aliphatic heterocycles. The molecule has 0 saturated carbocycles. The second kappa shape index (κ2) is 5.79. The first-order valence-corrected chi connectivity index (χ1v) is 6.98. The van der Waals surface area contributed by atoms with Crippen molar-refractivity contribution in [3.8, 4) is 0 Å². The topological polar surface area (TPSA) is 122 Å². The van der Waals surface area contributed by atoms with Crippen LogP contribution in [0.2, 0.25) is 0 Å². The Morgan fingerprint density at radius 3 is 2.67 bits per heavy atom. The largest absolute Gasteiger partial charge is 0.766 e. The lowest BCUT2D eigenvalue weighted by Gasteiger charge is -2.31. The second-order valence-electron chi connectivity index (χ2n) is 4.04. The van der Waals surface area contributed by atoms with Crippen LogP contribution in [0.25, 0.3) is 0 Å². The lowest BCUT2D eigenvalue weighted by molar-refractivity contribution is -0.310. The summed E-state index contributed by atoms with van der Waals surface area (Å²) in [7, 11) is -3.31. The van der Waals surface area contributed by atoms with Gasteiger partial charge in [-0.3, -0.25) is 9.36 Å². The van der Waals surface area contributed by atoms with Crippen molar-refractivity contribution in [2.45, 2.75) is 31.8 Å². The van der Waals surface area contributed by atoms with Gasteiger partial charge >= 0.3 is 0 Å². The molecule has 9 heteroatoms. The van der Waals surface area contributed by atoms with Gasteiger partial charge < -0.3 is 24.2 Å². The third-order valence-corrected chi connectivity index (χ3v) is 3.95. The van der Waals surface area contributed by atoms with Crippen LogP contribution in [0, 0.1) is 0 Å². The van der Waals surface area contributed by atoms with Gasteiger partial charge in [-0.1, -0.05) is 0 Å². The second-order valence-corrected chi connectivity index (χ2v) is 5.66. The number of hydrogen-bond donors (Lipinski definition) is 1. The van der Waals surface area contributed by atoms with Gasteiger partial charge in [0.25, 0.3) is 0 Å². The van der Waals surface area contributed by atoms with Crippen molar-refractivity contribution < 1.29 is 28.7 Å². The molecule has 8 nitrogen and oxygen atoms in total. The van der Waals surface area contributed by atoms with E-state index in [2.05, 4.69) is 4.52 Å². The number of carboxylic acids is 1. The highest BCUT2D eigenvalue weighted by molar-refractivity contribution is 7.49. The lowest BCUT2D eigenvalue weighted by atomic mass is 10.2. The van der Waals surface area contributed by atoms with Crippen molar-refractivity contribution >= 4 is 19.6 Å². The molecule has 1 N–H and O–H groups in total. The van der Waals surface area contributed by atoms with E-state index in [9.17, 15) is 24.2 Å². The predicted molar refractivity (Wildman–Crippen MR) is 57.0 cm³/mol. The Kier molecular flexibility index (Phi) is 4.86. The number of likely N-dealkylation sites (tertiary alicyclic amines) is 1. The van der Waals surface area contributed by atoms with Crippen LogP contribution in [0.4, 0.5) is 0 Å². The fourth-order valence-corrected chi connectivity index (χ4v) is 2.56. The maximum absolute atomic E-state index is 11.9. The number of rotatable bonds is 5. The lowest BCUT2D eigenvalue weighted by Crippen LogP contribution is -2.52. The fourth-order valence-electron chi connectivity index (χ4n) is 1.87. The number of nitrogens with one attached hydrogen (secondary N) is 1. The van der Waals surface area contributed by atoms with E-state index in [-0.39, 0.29) is 6.54 Å². The zero-order chi connectivity index (χ0) is 13.9. The SMILES string of the molecule is COP(=O)([O-])N[C@@H](C)C(=O)N1CCC[C@H]1C(=O)[O-]. The van der Waals surface area contributed by atoms with Gasteiger partial charge in [-0.25, -0.2) is 5.09 Å². The van der Waals surface area contributed by atoms with Gasteiger partial charge in [-0.15, -0.1) is 0 Å². The Balaban J connectivity index is 2.69. The third-order valence-electron chi connectivity index (χ3n) is 2.77. The number of nitrogens with zero attached hydrogens (tertiary/aromatic N) is 1. The maximum atomic E-state index is 11.9. The smallest absolute Gasteiger partial charge is 0.240 e. The maximum Gasteiger partial charge on any atom is 0.240 e. The van der Waals surface area contributed by atoms with Crippen molar-refractivity contribution in [3.63, 3.8) is 0 Å². The van der Waals surface area contributed by atoms with Gasteiger partial charge in [0.2, 0.25) is 13.7 Å². The Hall–Kier alpha value is -0.950. The molecular weight excluding hydrogens is 263 g/mol. The summed E-state index contributed by atoms with van der Waals surface area (Å²) in [4.78, 5) is 35.0. The highest BCUT2D eigenvalue weighted by Crippen LogP contribution is 2.31. The van der Waals surface area contributed by atoms with Crippen LogP contribution >= 0.6 is 7.75 Å². The molecule has 0 aromatic carbocycles. The molecule has 0 aliphatic carbocycles. The van der Waals surface area contributed by atoms with E-state index < -0.39 is 31.7 Å². The van der Waals surface area contributed by atoms with Crippen molar-refractivity contribution in [3.05, 3.63) is 0 Å². The van der Waals surface area contributed by atoms with Gasteiger partial charge in [0, 0.05) is 13.7 Å². The van der Waals surface area contributed by atoms with E-state index in [0.29, 0.717) is 12.8 Å². The summed E-state index contributed by atoms with van der Waals surface area (Å²) in [6.07, 6.45) is 0.872. The summed E-state index contributed by atoms with van der Waals surface area (Å²) in [5, 5.41) is 12.8. The molecule has 1 amide bonds. The zero-order valence-corrected chi connectivity index (χ0v) is 11.0. The molecule has 0 aromatic heterocycles. The minimum absolute atomic E-state index is 0.277. The van der Waals surface area contributed by atoms with Crippen molar-refractivity contribution in [2.75, 3.05) is 13.7 Å². The van der Waals surface area contributed by atoms with Crippen molar-refractivity contribution in [1.82, 2.24) is 9.99 Å². The molecule has 1 rings (SSSR count). The highest BCUT2D eigenvalue weighted by Gasteiger charge is 2.32. The van der Waals surface area contributed by atoms with Crippen LogP contribution in [0.5, 0.6) is 0 Å². The van der Waals surface area contributed by atoms with Gasteiger partial charge in [-0.2, -0.15) is 0 Å². The number of carbonyl (C=O) groups is 2. The molecule has 0 radical (unpaired) electrons. The quantitative estimate of drug-likeness (QED) is 0.567. The zero-order valence-electron chi connectivity index (χ0n) is 10.1. The standard InChI is InChI=1S/C9H17N2O6P/c1-6(10-18(15,16)17-2)8(12)11-5-3-4-7(11)9(13)14/h6-7H,3-5H2,1-2H3,(H,13,14)(H2,10,15,16)/p-2/t6-,7-/m0/s1.